The maximum Gasteiger partial charge on any atom is 0.302 e. The molecule has 1 fully saturated rings. The lowest BCUT2D eigenvalue weighted by Gasteiger charge is -2.20. The molecule has 0 aromatic heterocycles. The summed E-state index contributed by atoms with van der Waals surface area (Å²) in [5.41, 5.74) is 0. The minimum atomic E-state index is -0.132. The van der Waals surface area contributed by atoms with Crippen molar-refractivity contribution in [3.05, 3.63) is 0 Å². The molecule has 1 aliphatic rings. The van der Waals surface area contributed by atoms with Gasteiger partial charge in [-0.3, -0.25) is 4.79 Å². The Morgan fingerprint density at radius 1 is 1.18 bits per heavy atom. The van der Waals surface area contributed by atoms with E-state index in [1.807, 2.05) is 0 Å². The van der Waals surface area contributed by atoms with E-state index in [0.29, 0.717) is 6.61 Å². The number of hydrogen-bond acceptors (Lipinski definition) is 3. The van der Waals surface area contributed by atoms with Crippen LogP contribution in [0.1, 0.15) is 71.6 Å². The molecule has 1 saturated carbocycles. The molecule has 1 aliphatic carbocycles. The molecule has 102 valence electrons. The van der Waals surface area contributed by atoms with Gasteiger partial charge in [-0.15, -0.1) is 0 Å². The summed E-state index contributed by atoms with van der Waals surface area (Å²) in [6, 6.07) is 0. The standard InChI is InChI=1S/C8H14O2.C6H14O/c1-7(9)10-8-5-3-2-4-6-8;1-2-3-4-5-6-7/h8H,2-6H2,1H3;7H,2-6H2,1H3. The first-order valence-electron chi connectivity index (χ1n) is 6.98. The minimum Gasteiger partial charge on any atom is -0.463 e. The Bertz CT molecular complexity index is 170. The number of carbonyl (C=O) groups is 1. The van der Waals surface area contributed by atoms with Gasteiger partial charge in [-0.1, -0.05) is 32.6 Å². The molecular weight excluding hydrogens is 216 g/mol. The predicted molar refractivity (Wildman–Crippen MR) is 69.9 cm³/mol. The molecule has 0 aromatic rings. The minimum absolute atomic E-state index is 0.132. The Hall–Kier alpha value is -0.570. The fourth-order valence-corrected chi connectivity index (χ4v) is 1.96. The van der Waals surface area contributed by atoms with Crippen molar-refractivity contribution in [3.63, 3.8) is 0 Å². The van der Waals surface area contributed by atoms with Crippen molar-refractivity contribution < 1.29 is 14.6 Å². The van der Waals surface area contributed by atoms with E-state index in [-0.39, 0.29) is 12.1 Å². The first-order chi connectivity index (χ1) is 8.20. The monoisotopic (exact) mass is 244 g/mol. The van der Waals surface area contributed by atoms with Gasteiger partial charge in [-0.2, -0.15) is 0 Å². The molecule has 0 aromatic carbocycles. The molecule has 0 bridgehead atoms. The fourth-order valence-electron chi connectivity index (χ4n) is 1.96. The maximum atomic E-state index is 10.5. The van der Waals surface area contributed by atoms with Gasteiger partial charge < -0.3 is 9.84 Å². The SMILES string of the molecule is CC(=O)OC1CCCCC1.CCCCCCO. The third kappa shape index (κ3) is 11.7. The lowest BCUT2D eigenvalue weighted by atomic mass is 9.98. The molecule has 1 rings (SSSR count). The number of unbranched alkanes of at least 4 members (excludes halogenated alkanes) is 3. The normalized spacial score (nSPS) is 15.9. The fraction of sp³-hybridized carbons (Fsp3) is 0.929. The van der Waals surface area contributed by atoms with Crippen LogP contribution in [0.25, 0.3) is 0 Å². The maximum absolute atomic E-state index is 10.5. The van der Waals surface area contributed by atoms with Gasteiger partial charge in [0.05, 0.1) is 0 Å². The number of ether oxygens (including phenoxy) is 1. The van der Waals surface area contributed by atoms with Gasteiger partial charge in [0.2, 0.25) is 0 Å². The average Bonchev–Trinajstić information content (AvgIpc) is 2.31. The third-order valence-electron chi connectivity index (χ3n) is 2.90. The van der Waals surface area contributed by atoms with Crippen LogP contribution in [-0.2, 0) is 9.53 Å². The summed E-state index contributed by atoms with van der Waals surface area (Å²) in [5, 5.41) is 8.29. The zero-order valence-corrected chi connectivity index (χ0v) is 11.4. The summed E-state index contributed by atoms with van der Waals surface area (Å²) in [6.07, 6.45) is 10.8. The number of carbonyl (C=O) groups excluding carboxylic acids is 1. The van der Waals surface area contributed by atoms with Crippen molar-refractivity contribution in [3.8, 4) is 0 Å². The first kappa shape index (κ1) is 16.4. The van der Waals surface area contributed by atoms with Crippen molar-refractivity contribution in [2.75, 3.05) is 6.61 Å². The zero-order valence-electron chi connectivity index (χ0n) is 11.4. The summed E-state index contributed by atoms with van der Waals surface area (Å²) in [7, 11) is 0. The van der Waals surface area contributed by atoms with Crippen LogP contribution in [0.15, 0.2) is 0 Å². The first-order valence-corrected chi connectivity index (χ1v) is 6.98. The number of rotatable bonds is 5. The second kappa shape index (κ2) is 11.9. The topological polar surface area (TPSA) is 46.5 Å². The second-order valence-corrected chi connectivity index (χ2v) is 4.65. The van der Waals surface area contributed by atoms with E-state index in [0.717, 1.165) is 19.3 Å². The Morgan fingerprint density at radius 2 is 1.82 bits per heavy atom. The van der Waals surface area contributed by atoms with E-state index in [4.69, 9.17) is 9.84 Å². The Morgan fingerprint density at radius 3 is 2.29 bits per heavy atom. The highest BCUT2D eigenvalue weighted by molar-refractivity contribution is 5.66. The molecule has 0 saturated heterocycles. The van der Waals surface area contributed by atoms with Crippen molar-refractivity contribution >= 4 is 5.97 Å². The Kier molecular flexibility index (Phi) is 11.5. The van der Waals surface area contributed by atoms with Gasteiger partial charge in [0.1, 0.15) is 6.10 Å². The largest absolute Gasteiger partial charge is 0.463 e. The number of esters is 1. The van der Waals surface area contributed by atoms with Crippen LogP contribution in [0.2, 0.25) is 0 Å². The second-order valence-electron chi connectivity index (χ2n) is 4.65. The highest BCUT2D eigenvalue weighted by Gasteiger charge is 2.14. The van der Waals surface area contributed by atoms with Crippen LogP contribution in [0, 0.1) is 0 Å². The molecule has 3 nitrogen and oxygen atoms in total. The van der Waals surface area contributed by atoms with Crippen LogP contribution in [0.5, 0.6) is 0 Å². The molecule has 0 amide bonds. The van der Waals surface area contributed by atoms with Gasteiger partial charge in [-0.05, 0) is 32.1 Å². The summed E-state index contributed by atoms with van der Waals surface area (Å²) in [4.78, 5) is 10.5. The number of aliphatic hydroxyl groups excluding tert-OH is 1. The average molecular weight is 244 g/mol. The quantitative estimate of drug-likeness (QED) is 0.595. The van der Waals surface area contributed by atoms with Crippen molar-refractivity contribution in [2.24, 2.45) is 0 Å². The van der Waals surface area contributed by atoms with Crippen LogP contribution in [0.3, 0.4) is 0 Å². The molecule has 0 unspecified atom stereocenters. The van der Waals surface area contributed by atoms with Gasteiger partial charge in [-0.25, -0.2) is 0 Å². The van der Waals surface area contributed by atoms with E-state index in [1.165, 1.54) is 45.4 Å². The van der Waals surface area contributed by atoms with Crippen LogP contribution in [0.4, 0.5) is 0 Å². The summed E-state index contributed by atoms with van der Waals surface area (Å²) in [5.74, 6) is -0.132. The molecule has 0 radical (unpaired) electrons. The van der Waals surface area contributed by atoms with Gasteiger partial charge in [0.25, 0.3) is 0 Å². The zero-order chi connectivity index (χ0) is 12.9. The van der Waals surface area contributed by atoms with Crippen molar-refractivity contribution in [1.82, 2.24) is 0 Å². The highest BCUT2D eigenvalue weighted by Crippen LogP contribution is 2.19. The Balaban J connectivity index is 0.000000325. The number of hydrogen-bond donors (Lipinski definition) is 1. The van der Waals surface area contributed by atoms with E-state index in [9.17, 15) is 4.79 Å². The van der Waals surface area contributed by atoms with Gasteiger partial charge in [0.15, 0.2) is 0 Å². The van der Waals surface area contributed by atoms with E-state index < -0.39 is 0 Å². The van der Waals surface area contributed by atoms with Crippen LogP contribution in [-0.4, -0.2) is 23.8 Å². The molecule has 0 heterocycles. The van der Waals surface area contributed by atoms with Gasteiger partial charge >= 0.3 is 5.97 Å². The van der Waals surface area contributed by atoms with Crippen LogP contribution >= 0.6 is 0 Å². The Labute approximate surface area is 106 Å². The summed E-state index contributed by atoms with van der Waals surface area (Å²) < 4.78 is 5.05. The van der Waals surface area contributed by atoms with E-state index in [2.05, 4.69) is 6.92 Å². The molecule has 17 heavy (non-hydrogen) atoms. The predicted octanol–water partition coefficient (Wildman–Crippen LogP) is 3.44. The number of aliphatic hydroxyl groups is 1. The molecule has 0 aliphatic heterocycles. The molecule has 3 heteroatoms. The van der Waals surface area contributed by atoms with Crippen molar-refractivity contribution in [2.45, 2.75) is 77.7 Å². The lowest BCUT2D eigenvalue weighted by molar-refractivity contribution is -0.147. The molecule has 1 N–H and O–H groups in total. The van der Waals surface area contributed by atoms with E-state index in [1.54, 1.807) is 0 Å². The van der Waals surface area contributed by atoms with Crippen LogP contribution < -0.4 is 0 Å². The van der Waals surface area contributed by atoms with E-state index >= 15 is 0 Å². The van der Waals surface area contributed by atoms with Crippen molar-refractivity contribution in [1.29, 1.82) is 0 Å². The summed E-state index contributed by atoms with van der Waals surface area (Å²) >= 11 is 0. The molecule has 0 spiro atoms. The summed E-state index contributed by atoms with van der Waals surface area (Å²) in [6.45, 7) is 4.01. The molecular formula is C14H28O3. The smallest absolute Gasteiger partial charge is 0.302 e. The lowest BCUT2D eigenvalue weighted by Crippen LogP contribution is -2.18. The molecule has 0 atom stereocenters. The third-order valence-corrected chi connectivity index (χ3v) is 2.90. The van der Waals surface area contributed by atoms with Gasteiger partial charge in [0, 0.05) is 13.5 Å². The highest BCUT2D eigenvalue weighted by atomic mass is 16.5.